The van der Waals surface area contributed by atoms with E-state index in [1.54, 1.807) is 0 Å². The minimum absolute atomic E-state index is 0.0593. The normalized spacial score (nSPS) is 13.9. The minimum Gasteiger partial charge on any atom is -0.493 e. The predicted molar refractivity (Wildman–Crippen MR) is 59.5 cm³/mol. The molecule has 0 saturated carbocycles. The van der Waals surface area contributed by atoms with Crippen molar-refractivity contribution in [2.75, 3.05) is 6.61 Å². The Morgan fingerprint density at radius 1 is 1.40 bits per heavy atom. The van der Waals surface area contributed by atoms with E-state index >= 15 is 0 Å². The van der Waals surface area contributed by atoms with Crippen molar-refractivity contribution in [2.45, 2.75) is 27.2 Å². The third kappa shape index (κ3) is 1.65. The van der Waals surface area contributed by atoms with Gasteiger partial charge in [-0.2, -0.15) is 0 Å². The van der Waals surface area contributed by atoms with E-state index in [2.05, 4.69) is 0 Å². The van der Waals surface area contributed by atoms with Crippen LogP contribution in [0.2, 0.25) is 0 Å². The van der Waals surface area contributed by atoms with Crippen LogP contribution in [0, 0.1) is 12.8 Å². The largest absolute Gasteiger partial charge is 0.493 e. The van der Waals surface area contributed by atoms with Crippen molar-refractivity contribution in [1.29, 1.82) is 0 Å². The van der Waals surface area contributed by atoms with E-state index in [1.165, 1.54) is 5.56 Å². The molecule has 0 bridgehead atoms. The van der Waals surface area contributed by atoms with Gasteiger partial charge in [0.2, 0.25) is 0 Å². The van der Waals surface area contributed by atoms with E-state index in [-0.39, 0.29) is 11.7 Å². The molecular weight excluding hydrogens is 188 g/mol. The molecule has 0 unspecified atom stereocenters. The summed E-state index contributed by atoms with van der Waals surface area (Å²) >= 11 is 0. The molecule has 0 fully saturated rings. The highest BCUT2D eigenvalue weighted by atomic mass is 16.5. The predicted octanol–water partition coefficient (Wildman–Crippen LogP) is 2.77. The van der Waals surface area contributed by atoms with Gasteiger partial charge in [0.05, 0.1) is 6.61 Å². The number of rotatable bonds is 2. The lowest BCUT2D eigenvalue weighted by molar-refractivity contribution is 0.0938. The molecule has 2 heteroatoms. The number of hydrogen-bond donors (Lipinski definition) is 0. The molecule has 2 nitrogen and oxygen atoms in total. The lowest BCUT2D eigenvalue weighted by Gasteiger charge is -2.10. The fourth-order valence-electron chi connectivity index (χ4n) is 2.02. The SMILES string of the molecule is Cc1c(C(=O)C(C)C)ccc2c1CCO2. The first-order valence-corrected chi connectivity index (χ1v) is 5.40. The van der Waals surface area contributed by atoms with Crippen molar-refractivity contribution in [3.8, 4) is 5.75 Å². The van der Waals surface area contributed by atoms with Crippen molar-refractivity contribution in [2.24, 2.45) is 5.92 Å². The molecule has 1 aliphatic heterocycles. The highest BCUT2D eigenvalue weighted by Crippen LogP contribution is 2.30. The second-order valence-electron chi connectivity index (χ2n) is 4.33. The molecule has 0 radical (unpaired) electrons. The van der Waals surface area contributed by atoms with Gasteiger partial charge in [-0.05, 0) is 24.6 Å². The van der Waals surface area contributed by atoms with Crippen molar-refractivity contribution >= 4 is 5.78 Å². The zero-order valence-corrected chi connectivity index (χ0v) is 9.46. The van der Waals surface area contributed by atoms with Gasteiger partial charge < -0.3 is 4.74 Å². The molecule has 0 aliphatic carbocycles. The molecule has 1 aromatic carbocycles. The van der Waals surface area contributed by atoms with E-state index in [0.717, 1.165) is 29.9 Å². The first-order valence-electron chi connectivity index (χ1n) is 5.40. The molecule has 1 aromatic rings. The lowest BCUT2D eigenvalue weighted by Crippen LogP contribution is -2.10. The summed E-state index contributed by atoms with van der Waals surface area (Å²) in [6.07, 6.45) is 0.931. The van der Waals surface area contributed by atoms with Gasteiger partial charge in [0.15, 0.2) is 5.78 Å². The molecule has 0 aromatic heterocycles. The first-order chi connectivity index (χ1) is 7.11. The van der Waals surface area contributed by atoms with E-state index in [0.29, 0.717) is 0 Å². The summed E-state index contributed by atoms with van der Waals surface area (Å²) < 4.78 is 5.46. The molecule has 15 heavy (non-hydrogen) atoms. The summed E-state index contributed by atoms with van der Waals surface area (Å²) in [5.41, 5.74) is 3.17. The molecule has 0 saturated heterocycles. The number of ketones is 1. The summed E-state index contributed by atoms with van der Waals surface area (Å²) in [4.78, 5) is 11.9. The molecule has 1 heterocycles. The van der Waals surface area contributed by atoms with Crippen molar-refractivity contribution in [3.63, 3.8) is 0 Å². The average Bonchev–Trinajstić information content (AvgIpc) is 2.66. The van der Waals surface area contributed by atoms with Crippen LogP contribution in [0.25, 0.3) is 0 Å². The number of carbonyl (C=O) groups excluding carboxylic acids is 1. The Labute approximate surface area is 90.3 Å². The van der Waals surface area contributed by atoms with Crippen LogP contribution in [0.3, 0.4) is 0 Å². The quantitative estimate of drug-likeness (QED) is 0.692. The fourth-order valence-corrected chi connectivity index (χ4v) is 2.02. The lowest BCUT2D eigenvalue weighted by atomic mass is 9.93. The van der Waals surface area contributed by atoms with Gasteiger partial charge in [-0.25, -0.2) is 0 Å². The molecule has 0 amide bonds. The van der Waals surface area contributed by atoms with Crippen LogP contribution in [0.15, 0.2) is 12.1 Å². The summed E-state index contributed by atoms with van der Waals surface area (Å²) in [5, 5.41) is 0. The molecule has 0 N–H and O–H groups in total. The van der Waals surface area contributed by atoms with Gasteiger partial charge in [-0.15, -0.1) is 0 Å². The zero-order valence-electron chi connectivity index (χ0n) is 9.46. The van der Waals surface area contributed by atoms with Gasteiger partial charge in [0.25, 0.3) is 0 Å². The number of hydrogen-bond acceptors (Lipinski definition) is 2. The van der Waals surface area contributed by atoms with Crippen LogP contribution < -0.4 is 4.74 Å². The van der Waals surface area contributed by atoms with Crippen LogP contribution in [0.1, 0.15) is 35.3 Å². The Kier molecular flexibility index (Phi) is 2.51. The van der Waals surface area contributed by atoms with Gasteiger partial charge in [0.1, 0.15) is 5.75 Å². The maximum absolute atomic E-state index is 11.9. The Balaban J connectivity index is 2.47. The zero-order chi connectivity index (χ0) is 11.0. The molecule has 1 aliphatic rings. The molecule has 80 valence electrons. The maximum Gasteiger partial charge on any atom is 0.165 e. The summed E-state index contributed by atoms with van der Waals surface area (Å²) in [6.45, 7) is 6.63. The van der Waals surface area contributed by atoms with Crippen LogP contribution in [0.4, 0.5) is 0 Å². The number of carbonyl (C=O) groups is 1. The fraction of sp³-hybridized carbons (Fsp3) is 0.462. The number of fused-ring (bicyclic) bond motifs is 1. The second-order valence-corrected chi connectivity index (χ2v) is 4.33. The number of benzene rings is 1. The van der Waals surface area contributed by atoms with Crippen molar-refractivity contribution in [1.82, 2.24) is 0 Å². The number of Topliss-reactive ketones (excluding diaryl/α,β-unsaturated/α-hetero) is 1. The molecule has 0 spiro atoms. The van der Waals surface area contributed by atoms with Gasteiger partial charge >= 0.3 is 0 Å². The van der Waals surface area contributed by atoms with Crippen LogP contribution >= 0.6 is 0 Å². The average molecular weight is 204 g/mol. The third-order valence-electron chi connectivity index (χ3n) is 2.95. The second kappa shape index (κ2) is 3.69. The standard InChI is InChI=1S/C13H16O2/c1-8(2)13(14)11-4-5-12-10(9(11)3)6-7-15-12/h4-5,8H,6-7H2,1-3H3. The van der Waals surface area contributed by atoms with E-state index in [9.17, 15) is 4.79 Å². The van der Waals surface area contributed by atoms with E-state index < -0.39 is 0 Å². The Bertz CT molecular complexity index is 405. The topological polar surface area (TPSA) is 26.3 Å². The molecular formula is C13H16O2. The van der Waals surface area contributed by atoms with Gasteiger partial charge in [-0.1, -0.05) is 13.8 Å². The summed E-state index contributed by atoms with van der Waals surface area (Å²) in [6, 6.07) is 3.81. The van der Waals surface area contributed by atoms with Crippen LogP contribution in [-0.2, 0) is 6.42 Å². The number of ether oxygens (including phenoxy) is 1. The maximum atomic E-state index is 11.9. The molecule has 0 atom stereocenters. The van der Waals surface area contributed by atoms with Gasteiger partial charge in [0, 0.05) is 23.5 Å². The Hall–Kier alpha value is -1.31. The Morgan fingerprint density at radius 2 is 2.13 bits per heavy atom. The molecule has 2 rings (SSSR count). The van der Waals surface area contributed by atoms with Crippen LogP contribution in [-0.4, -0.2) is 12.4 Å². The van der Waals surface area contributed by atoms with Gasteiger partial charge in [-0.3, -0.25) is 4.79 Å². The monoisotopic (exact) mass is 204 g/mol. The van der Waals surface area contributed by atoms with E-state index in [4.69, 9.17) is 4.74 Å². The smallest absolute Gasteiger partial charge is 0.165 e. The third-order valence-corrected chi connectivity index (χ3v) is 2.95. The first kappa shape index (κ1) is 10.2. The van der Waals surface area contributed by atoms with Crippen molar-refractivity contribution < 1.29 is 9.53 Å². The van der Waals surface area contributed by atoms with E-state index in [1.807, 2.05) is 32.9 Å². The summed E-state index contributed by atoms with van der Waals surface area (Å²) in [7, 11) is 0. The highest BCUT2D eigenvalue weighted by molar-refractivity contribution is 5.99. The highest BCUT2D eigenvalue weighted by Gasteiger charge is 2.20. The van der Waals surface area contributed by atoms with Crippen LogP contribution in [0.5, 0.6) is 5.75 Å². The summed E-state index contributed by atoms with van der Waals surface area (Å²) in [5.74, 6) is 1.24. The Morgan fingerprint density at radius 3 is 2.80 bits per heavy atom. The minimum atomic E-state index is 0.0593. The van der Waals surface area contributed by atoms with Crippen molar-refractivity contribution in [3.05, 3.63) is 28.8 Å².